The first-order valence-corrected chi connectivity index (χ1v) is 11.6. The molecule has 10 nitrogen and oxygen atoms in total. The van der Waals surface area contributed by atoms with Crippen LogP contribution in [0.2, 0.25) is 0 Å². The lowest BCUT2D eigenvalue weighted by Gasteiger charge is -2.15. The summed E-state index contributed by atoms with van der Waals surface area (Å²) in [5.74, 6) is 5.53. The van der Waals surface area contributed by atoms with Crippen LogP contribution in [-0.2, 0) is 18.6 Å². The van der Waals surface area contributed by atoms with Gasteiger partial charge in [0.1, 0.15) is 30.4 Å². The summed E-state index contributed by atoms with van der Waals surface area (Å²) in [5, 5.41) is 0. The van der Waals surface area contributed by atoms with E-state index >= 15 is 0 Å². The molecule has 0 bridgehead atoms. The second kappa shape index (κ2) is 11.0. The molecule has 13 heteroatoms. The second-order valence-corrected chi connectivity index (χ2v) is 8.47. The molecule has 0 radical (unpaired) electrons. The molecule has 4 N–H and O–H groups in total. The first-order chi connectivity index (χ1) is 13.0. The normalized spacial score (nSPS) is 22.3. The van der Waals surface area contributed by atoms with Crippen LogP contribution >= 0.6 is 29.8 Å². The Hall–Kier alpha value is -1.16. The third-order valence-electron chi connectivity index (χ3n) is 3.58. The first kappa shape index (κ1) is 22.1. The Morgan fingerprint density at radius 1 is 1.56 bits per heavy atom. The number of aromatic amines is 1. The molecule has 0 aromatic carbocycles. The molecular formula is C14H19N3O7PS2+. The van der Waals surface area contributed by atoms with Gasteiger partial charge < -0.3 is 15.2 Å². The maximum absolute atomic E-state index is 12.2. The van der Waals surface area contributed by atoms with Crippen LogP contribution in [-0.4, -0.2) is 52.0 Å². The van der Waals surface area contributed by atoms with Crippen molar-refractivity contribution in [3.63, 3.8) is 0 Å². The fourth-order valence-electron chi connectivity index (χ4n) is 2.43. The zero-order valence-corrected chi connectivity index (χ0v) is 16.9. The summed E-state index contributed by atoms with van der Waals surface area (Å²) in [6, 6.07) is 0. The van der Waals surface area contributed by atoms with Gasteiger partial charge in [-0.15, -0.1) is 9.42 Å². The summed E-state index contributed by atoms with van der Waals surface area (Å²) in [5.41, 5.74) is 4.12. The van der Waals surface area contributed by atoms with E-state index in [-0.39, 0.29) is 18.7 Å². The van der Waals surface area contributed by atoms with Gasteiger partial charge in [0.2, 0.25) is 0 Å². The number of nitrogens with zero attached hydrogens (tertiary/aromatic N) is 1. The Bertz CT molecular complexity index is 834. The summed E-state index contributed by atoms with van der Waals surface area (Å²) >= 11 is 0. The average Bonchev–Trinajstić information content (AvgIpc) is 3.02. The van der Waals surface area contributed by atoms with Gasteiger partial charge in [-0.2, -0.15) is 0 Å². The average molecular weight is 436 g/mol. The summed E-state index contributed by atoms with van der Waals surface area (Å²) in [6.07, 6.45) is 1.65. The highest BCUT2D eigenvalue weighted by molar-refractivity contribution is 8.76. The number of hydrogen-bond donors (Lipinski definition) is 3. The van der Waals surface area contributed by atoms with Gasteiger partial charge in [0.05, 0.1) is 12.6 Å². The van der Waals surface area contributed by atoms with Gasteiger partial charge >= 0.3 is 13.9 Å². The minimum Gasteiger partial charge on any atom is -0.364 e. The van der Waals surface area contributed by atoms with Crippen molar-refractivity contribution in [2.24, 2.45) is 5.73 Å². The zero-order chi connectivity index (χ0) is 19.8. The molecule has 1 saturated heterocycles. The van der Waals surface area contributed by atoms with Gasteiger partial charge in [0.15, 0.2) is 0 Å². The SMILES string of the molecule is CSSCOC1CC(n2cc(C#CCN)c(=O)[nH]c2=O)OC1CO[P+](=O)O. The quantitative estimate of drug-likeness (QED) is 0.169. The number of nitrogens with two attached hydrogens (primary N) is 1. The topological polar surface area (TPSA) is 146 Å². The number of nitrogens with one attached hydrogen (secondary N) is 1. The molecule has 27 heavy (non-hydrogen) atoms. The Labute approximate surface area is 163 Å². The van der Waals surface area contributed by atoms with E-state index < -0.39 is 37.9 Å². The zero-order valence-electron chi connectivity index (χ0n) is 14.3. The van der Waals surface area contributed by atoms with Crippen molar-refractivity contribution in [1.82, 2.24) is 9.55 Å². The third-order valence-corrected chi connectivity index (χ3v) is 5.41. The lowest BCUT2D eigenvalue weighted by molar-refractivity contribution is -0.0509. The van der Waals surface area contributed by atoms with Crippen molar-refractivity contribution in [1.29, 1.82) is 0 Å². The molecule has 2 rings (SSSR count). The van der Waals surface area contributed by atoms with Gasteiger partial charge in [-0.1, -0.05) is 33.4 Å². The van der Waals surface area contributed by atoms with Crippen LogP contribution in [0.25, 0.3) is 0 Å². The third kappa shape index (κ3) is 6.44. The molecule has 148 valence electrons. The lowest BCUT2D eigenvalue weighted by Crippen LogP contribution is -2.33. The minimum absolute atomic E-state index is 0.0697. The van der Waals surface area contributed by atoms with E-state index in [1.807, 2.05) is 6.26 Å². The standard InChI is InChI=1S/C14H18N3O7PS2/c1-26-27-8-22-10-5-12(24-11(10)7-23-25(20)21)17-6-9(3-2-4-15)13(18)16-14(17)19/h6,10-12H,4-5,7-8,15H2,1H3,(H-,16,18,19,20,21)/p+1. The fourth-order valence-corrected chi connectivity index (χ4v) is 3.49. The van der Waals surface area contributed by atoms with E-state index in [0.29, 0.717) is 12.4 Å². The molecule has 0 saturated carbocycles. The molecule has 0 spiro atoms. The van der Waals surface area contributed by atoms with Crippen molar-refractivity contribution in [2.75, 3.05) is 25.3 Å². The Morgan fingerprint density at radius 3 is 3.00 bits per heavy atom. The Kier molecular flexibility index (Phi) is 9.01. The molecule has 1 aromatic heterocycles. The van der Waals surface area contributed by atoms with Crippen molar-refractivity contribution in [2.45, 2.75) is 24.9 Å². The number of rotatable bonds is 8. The largest absolute Gasteiger partial charge is 0.694 e. The van der Waals surface area contributed by atoms with Crippen molar-refractivity contribution in [3.05, 3.63) is 32.6 Å². The van der Waals surface area contributed by atoms with Crippen molar-refractivity contribution < 1.29 is 23.5 Å². The van der Waals surface area contributed by atoms with E-state index in [4.69, 9.17) is 24.6 Å². The Balaban J connectivity index is 2.23. The first-order valence-electron chi connectivity index (χ1n) is 7.72. The predicted octanol–water partition coefficient (Wildman–Crippen LogP) is 0.155. The van der Waals surface area contributed by atoms with E-state index in [2.05, 4.69) is 16.8 Å². The molecule has 1 aliphatic heterocycles. The highest BCUT2D eigenvalue weighted by atomic mass is 33.1. The minimum atomic E-state index is -2.78. The summed E-state index contributed by atoms with van der Waals surface area (Å²) in [4.78, 5) is 35.1. The Morgan fingerprint density at radius 2 is 2.33 bits per heavy atom. The fraction of sp³-hybridized carbons (Fsp3) is 0.571. The molecule has 1 fully saturated rings. The predicted molar refractivity (Wildman–Crippen MR) is 102 cm³/mol. The molecule has 0 aliphatic carbocycles. The molecule has 4 atom stereocenters. The van der Waals surface area contributed by atoms with Crippen molar-refractivity contribution in [3.8, 4) is 11.8 Å². The number of aromatic nitrogens is 2. The van der Waals surface area contributed by atoms with Gasteiger partial charge in [-0.25, -0.2) is 4.79 Å². The van der Waals surface area contributed by atoms with E-state index in [1.54, 1.807) is 0 Å². The maximum Gasteiger partial charge on any atom is 0.694 e. The second-order valence-electron chi connectivity index (χ2n) is 5.22. The van der Waals surface area contributed by atoms with E-state index in [0.717, 1.165) is 0 Å². The van der Waals surface area contributed by atoms with Crippen LogP contribution in [0, 0.1) is 11.8 Å². The summed E-state index contributed by atoms with van der Waals surface area (Å²) < 4.78 is 28.3. The lowest BCUT2D eigenvalue weighted by atomic mass is 10.2. The van der Waals surface area contributed by atoms with Crippen LogP contribution < -0.4 is 17.0 Å². The van der Waals surface area contributed by atoms with Crippen molar-refractivity contribution >= 4 is 29.8 Å². The van der Waals surface area contributed by atoms with Crippen LogP contribution in [0.3, 0.4) is 0 Å². The maximum atomic E-state index is 12.2. The van der Waals surface area contributed by atoms with Gasteiger partial charge in [-0.05, 0) is 6.26 Å². The summed E-state index contributed by atoms with van der Waals surface area (Å²) in [7, 11) is 0.224. The molecule has 0 amide bonds. The van der Waals surface area contributed by atoms with Crippen LogP contribution in [0.4, 0.5) is 0 Å². The molecular weight excluding hydrogens is 417 g/mol. The monoisotopic (exact) mass is 436 g/mol. The van der Waals surface area contributed by atoms with Crippen LogP contribution in [0.1, 0.15) is 18.2 Å². The van der Waals surface area contributed by atoms with Crippen LogP contribution in [0.5, 0.6) is 0 Å². The molecule has 1 aromatic rings. The van der Waals surface area contributed by atoms with Gasteiger partial charge in [0, 0.05) is 17.2 Å². The molecule has 2 heterocycles. The van der Waals surface area contributed by atoms with Gasteiger partial charge in [0.25, 0.3) is 5.56 Å². The highest BCUT2D eigenvalue weighted by Gasteiger charge is 2.39. The summed E-state index contributed by atoms with van der Waals surface area (Å²) in [6.45, 7) is -0.102. The number of ether oxygens (including phenoxy) is 2. The van der Waals surface area contributed by atoms with E-state index in [9.17, 15) is 14.2 Å². The highest BCUT2D eigenvalue weighted by Crippen LogP contribution is 2.33. The number of hydrogen-bond acceptors (Lipinski definition) is 9. The van der Waals surface area contributed by atoms with Crippen LogP contribution in [0.15, 0.2) is 15.8 Å². The number of H-pyrrole nitrogens is 1. The molecule has 1 aliphatic rings. The molecule has 4 unspecified atom stereocenters. The smallest absolute Gasteiger partial charge is 0.364 e. The van der Waals surface area contributed by atoms with Gasteiger partial charge in [-0.3, -0.25) is 14.3 Å². The van der Waals surface area contributed by atoms with E-state index in [1.165, 1.54) is 32.4 Å².